The molecule has 1 aromatic rings. The highest BCUT2D eigenvalue weighted by Crippen LogP contribution is 2.16. The summed E-state index contributed by atoms with van der Waals surface area (Å²) in [6.07, 6.45) is 4.89. The average Bonchev–Trinajstić information content (AvgIpc) is 2.34. The molecule has 0 amide bonds. The molecule has 16 heavy (non-hydrogen) atoms. The second kappa shape index (κ2) is 8.60. The van der Waals surface area contributed by atoms with Crippen molar-refractivity contribution in [3.05, 3.63) is 35.9 Å². The van der Waals surface area contributed by atoms with Crippen LogP contribution in [0.1, 0.15) is 44.3 Å². The molecule has 1 rings (SSSR count). The van der Waals surface area contributed by atoms with Gasteiger partial charge in [0.1, 0.15) is 0 Å². The van der Waals surface area contributed by atoms with E-state index < -0.39 is 0 Å². The van der Waals surface area contributed by atoms with E-state index in [1.54, 1.807) is 0 Å². The molecular formula is C14H21ClO. The lowest BCUT2D eigenvalue weighted by Crippen LogP contribution is -2.01. The summed E-state index contributed by atoms with van der Waals surface area (Å²) in [5.74, 6) is 0.779. The Labute approximate surface area is 104 Å². The molecule has 1 atom stereocenters. The lowest BCUT2D eigenvalue weighted by atomic mass is 10.1. The second-order valence-corrected chi connectivity index (χ2v) is 4.40. The molecule has 0 saturated heterocycles. The number of ether oxygens (including phenoxy) is 1. The highest BCUT2D eigenvalue weighted by Gasteiger charge is 2.03. The van der Waals surface area contributed by atoms with Crippen LogP contribution >= 0.6 is 11.6 Å². The van der Waals surface area contributed by atoms with Crippen molar-refractivity contribution in [3.8, 4) is 0 Å². The summed E-state index contributed by atoms with van der Waals surface area (Å²) in [6.45, 7) is 2.95. The lowest BCUT2D eigenvalue weighted by Gasteiger charge is -2.13. The molecule has 0 aliphatic heterocycles. The van der Waals surface area contributed by atoms with Crippen molar-refractivity contribution in [2.24, 2.45) is 0 Å². The molecule has 90 valence electrons. The van der Waals surface area contributed by atoms with Gasteiger partial charge in [0, 0.05) is 12.5 Å². The SMILES string of the molecule is CC(OCCCCCCCl)c1ccccc1. The van der Waals surface area contributed by atoms with Gasteiger partial charge < -0.3 is 4.74 Å². The summed E-state index contributed by atoms with van der Waals surface area (Å²) < 4.78 is 5.78. The van der Waals surface area contributed by atoms with Crippen LogP contribution in [0.4, 0.5) is 0 Å². The highest BCUT2D eigenvalue weighted by molar-refractivity contribution is 6.17. The Kier molecular flexibility index (Phi) is 7.28. The van der Waals surface area contributed by atoms with Gasteiger partial charge in [-0.05, 0) is 25.3 Å². The quantitative estimate of drug-likeness (QED) is 0.478. The van der Waals surface area contributed by atoms with Gasteiger partial charge in [-0.1, -0.05) is 43.2 Å². The molecule has 0 aliphatic rings. The Morgan fingerprint density at radius 2 is 1.75 bits per heavy atom. The summed E-state index contributed by atoms with van der Waals surface area (Å²) >= 11 is 5.61. The zero-order valence-corrected chi connectivity index (χ0v) is 10.7. The largest absolute Gasteiger partial charge is 0.374 e. The standard InChI is InChI=1S/C14H21ClO/c1-13(14-9-5-4-6-10-14)16-12-8-3-2-7-11-15/h4-6,9-10,13H,2-3,7-8,11-12H2,1H3. The van der Waals surface area contributed by atoms with Gasteiger partial charge in [0.05, 0.1) is 6.10 Å². The van der Waals surface area contributed by atoms with E-state index in [0.29, 0.717) is 0 Å². The normalized spacial score (nSPS) is 12.6. The van der Waals surface area contributed by atoms with E-state index in [2.05, 4.69) is 31.2 Å². The molecule has 0 radical (unpaired) electrons. The maximum Gasteiger partial charge on any atom is 0.0796 e. The minimum Gasteiger partial charge on any atom is -0.374 e. The molecule has 0 aliphatic carbocycles. The van der Waals surface area contributed by atoms with E-state index in [1.807, 2.05) is 6.07 Å². The Morgan fingerprint density at radius 3 is 2.44 bits per heavy atom. The molecule has 0 aromatic heterocycles. The number of hydrogen-bond acceptors (Lipinski definition) is 1. The average molecular weight is 241 g/mol. The number of hydrogen-bond donors (Lipinski definition) is 0. The molecule has 0 spiro atoms. The van der Waals surface area contributed by atoms with E-state index in [0.717, 1.165) is 25.3 Å². The minimum absolute atomic E-state index is 0.203. The lowest BCUT2D eigenvalue weighted by molar-refractivity contribution is 0.0628. The van der Waals surface area contributed by atoms with Gasteiger partial charge in [-0.25, -0.2) is 0 Å². The highest BCUT2D eigenvalue weighted by atomic mass is 35.5. The fourth-order valence-electron chi connectivity index (χ4n) is 1.63. The monoisotopic (exact) mass is 240 g/mol. The molecule has 1 aromatic carbocycles. The van der Waals surface area contributed by atoms with Gasteiger partial charge in [-0.15, -0.1) is 11.6 Å². The third-order valence-corrected chi connectivity index (χ3v) is 2.93. The molecule has 2 heteroatoms. The second-order valence-electron chi connectivity index (χ2n) is 4.03. The first-order chi connectivity index (χ1) is 7.84. The molecule has 0 saturated carbocycles. The first-order valence-electron chi connectivity index (χ1n) is 6.07. The van der Waals surface area contributed by atoms with Crippen molar-refractivity contribution in [2.45, 2.75) is 38.7 Å². The number of unbranched alkanes of at least 4 members (excludes halogenated alkanes) is 3. The van der Waals surface area contributed by atoms with E-state index >= 15 is 0 Å². The molecule has 0 heterocycles. The zero-order valence-electron chi connectivity index (χ0n) is 9.99. The van der Waals surface area contributed by atoms with Crippen molar-refractivity contribution in [3.63, 3.8) is 0 Å². The topological polar surface area (TPSA) is 9.23 Å². The smallest absolute Gasteiger partial charge is 0.0796 e. The fourth-order valence-corrected chi connectivity index (χ4v) is 1.82. The maximum atomic E-state index is 5.78. The minimum atomic E-state index is 0.203. The number of rotatable bonds is 8. The predicted octanol–water partition coefficient (Wildman–Crippen LogP) is 4.56. The third kappa shape index (κ3) is 5.53. The van der Waals surface area contributed by atoms with E-state index in [1.165, 1.54) is 18.4 Å². The first-order valence-corrected chi connectivity index (χ1v) is 6.60. The van der Waals surface area contributed by atoms with Crippen molar-refractivity contribution in [1.29, 1.82) is 0 Å². The van der Waals surface area contributed by atoms with Crippen LogP contribution in [0.2, 0.25) is 0 Å². The number of halogens is 1. The van der Waals surface area contributed by atoms with Gasteiger partial charge >= 0.3 is 0 Å². The number of benzene rings is 1. The molecule has 1 nitrogen and oxygen atoms in total. The van der Waals surface area contributed by atoms with Crippen LogP contribution in [-0.4, -0.2) is 12.5 Å². The summed E-state index contributed by atoms with van der Waals surface area (Å²) in [7, 11) is 0. The van der Waals surface area contributed by atoms with Gasteiger partial charge in [0.25, 0.3) is 0 Å². The van der Waals surface area contributed by atoms with Gasteiger partial charge in [0.2, 0.25) is 0 Å². The third-order valence-electron chi connectivity index (χ3n) is 2.66. The van der Waals surface area contributed by atoms with Crippen molar-refractivity contribution >= 4 is 11.6 Å². The van der Waals surface area contributed by atoms with E-state index in [-0.39, 0.29) is 6.10 Å². The Morgan fingerprint density at radius 1 is 1.06 bits per heavy atom. The molecule has 1 unspecified atom stereocenters. The maximum absolute atomic E-state index is 5.78. The molecule has 0 bridgehead atoms. The Bertz CT molecular complexity index is 261. The molecular weight excluding hydrogens is 220 g/mol. The number of alkyl halides is 1. The van der Waals surface area contributed by atoms with Crippen molar-refractivity contribution in [1.82, 2.24) is 0 Å². The summed E-state index contributed by atoms with van der Waals surface area (Å²) in [4.78, 5) is 0. The Balaban J connectivity index is 2.09. The van der Waals surface area contributed by atoms with Crippen LogP contribution in [-0.2, 0) is 4.74 Å². The molecule has 0 fully saturated rings. The van der Waals surface area contributed by atoms with Gasteiger partial charge in [-0.3, -0.25) is 0 Å². The predicted molar refractivity (Wildman–Crippen MR) is 70.0 cm³/mol. The first kappa shape index (κ1) is 13.5. The van der Waals surface area contributed by atoms with E-state index in [4.69, 9.17) is 16.3 Å². The van der Waals surface area contributed by atoms with Crippen LogP contribution in [0.3, 0.4) is 0 Å². The van der Waals surface area contributed by atoms with Crippen LogP contribution in [0.15, 0.2) is 30.3 Å². The van der Waals surface area contributed by atoms with Gasteiger partial charge in [-0.2, -0.15) is 0 Å². The summed E-state index contributed by atoms with van der Waals surface area (Å²) in [5.41, 5.74) is 1.25. The van der Waals surface area contributed by atoms with Gasteiger partial charge in [0.15, 0.2) is 0 Å². The van der Waals surface area contributed by atoms with Crippen molar-refractivity contribution in [2.75, 3.05) is 12.5 Å². The van der Waals surface area contributed by atoms with Crippen LogP contribution in [0.25, 0.3) is 0 Å². The summed E-state index contributed by atoms with van der Waals surface area (Å²) in [5, 5.41) is 0. The zero-order chi connectivity index (χ0) is 11.6. The summed E-state index contributed by atoms with van der Waals surface area (Å²) in [6, 6.07) is 10.4. The van der Waals surface area contributed by atoms with Crippen LogP contribution in [0, 0.1) is 0 Å². The Hall–Kier alpha value is -0.530. The van der Waals surface area contributed by atoms with Crippen molar-refractivity contribution < 1.29 is 4.74 Å². The van der Waals surface area contributed by atoms with E-state index in [9.17, 15) is 0 Å². The van der Waals surface area contributed by atoms with Crippen LogP contribution < -0.4 is 0 Å². The molecule has 0 N–H and O–H groups in total. The van der Waals surface area contributed by atoms with Crippen LogP contribution in [0.5, 0.6) is 0 Å². The fraction of sp³-hybridized carbons (Fsp3) is 0.571.